The third kappa shape index (κ3) is 3.66. The van der Waals surface area contributed by atoms with Crippen molar-refractivity contribution < 1.29 is 13.2 Å². The highest BCUT2D eigenvalue weighted by Crippen LogP contribution is 2.24. The van der Waals surface area contributed by atoms with E-state index >= 15 is 0 Å². The summed E-state index contributed by atoms with van der Waals surface area (Å²) in [6, 6.07) is 4.28. The van der Waals surface area contributed by atoms with E-state index < -0.39 is 10.0 Å². The van der Waals surface area contributed by atoms with Crippen LogP contribution < -0.4 is 4.72 Å². The van der Waals surface area contributed by atoms with Gasteiger partial charge in [0.1, 0.15) is 0 Å². The molecule has 0 heterocycles. The molecule has 0 fully saturated rings. The summed E-state index contributed by atoms with van der Waals surface area (Å²) in [5, 5.41) is 0.219. The van der Waals surface area contributed by atoms with Crippen LogP contribution in [0.25, 0.3) is 0 Å². The normalized spacial score (nSPS) is 11.2. The van der Waals surface area contributed by atoms with Gasteiger partial charge in [-0.05, 0) is 18.2 Å². The Kier molecular flexibility index (Phi) is 4.18. The van der Waals surface area contributed by atoms with Crippen LogP contribution in [-0.4, -0.2) is 26.3 Å². The summed E-state index contributed by atoms with van der Waals surface area (Å²) in [7, 11) is -3.43. The van der Waals surface area contributed by atoms with Crippen molar-refractivity contribution in [3.05, 3.63) is 28.8 Å². The van der Waals surface area contributed by atoms with Gasteiger partial charge in [0.15, 0.2) is 5.78 Å². The maximum Gasteiger partial charge on any atom is 0.229 e. The number of anilines is 1. The van der Waals surface area contributed by atoms with Gasteiger partial charge in [0.2, 0.25) is 10.0 Å². The second kappa shape index (κ2) is 5.03. The molecule has 0 atom stereocenters. The van der Waals surface area contributed by atoms with E-state index in [1.54, 1.807) is 0 Å². The molecule has 1 aromatic rings. The van der Waals surface area contributed by atoms with Crippen LogP contribution in [0.2, 0.25) is 5.02 Å². The van der Waals surface area contributed by atoms with Gasteiger partial charge < -0.3 is 0 Å². The number of ketones is 1. The number of hydrogen-bond donors (Lipinski definition) is 1. The Balaban J connectivity index is 3.14. The minimum Gasteiger partial charge on any atom is -0.293 e. The lowest BCUT2D eigenvalue weighted by Crippen LogP contribution is -2.11. The quantitative estimate of drug-likeness (QED) is 0.679. The summed E-state index contributed by atoms with van der Waals surface area (Å²) in [4.78, 5) is 11.3. The van der Waals surface area contributed by atoms with E-state index in [4.69, 9.17) is 23.2 Å². The fourth-order valence-corrected chi connectivity index (χ4v) is 2.00. The van der Waals surface area contributed by atoms with Gasteiger partial charge in [-0.25, -0.2) is 8.42 Å². The number of benzene rings is 1. The molecule has 0 amide bonds. The van der Waals surface area contributed by atoms with Crippen LogP contribution in [0.4, 0.5) is 5.69 Å². The Morgan fingerprint density at radius 2 is 2.06 bits per heavy atom. The molecular weight excluding hydrogens is 273 g/mol. The average Bonchev–Trinajstić information content (AvgIpc) is 2.18. The van der Waals surface area contributed by atoms with Crippen molar-refractivity contribution in [3.8, 4) is 0 Å². The number of hydrogen-bond acceptors (Lipinski definition) is 3. The molecule has 4 nitrogen and oxygen atoms in total. The number of halogens is 2. The molecule has 1 rings (SSSR count). The van der Waals surface area contributed by atoms with Gasteiger partial charge in [-0.1, -0.05) is 11.6 Å². The number of carbonyl (C=O) groups excluding carboxylic acids is 1. The summed E-state index contributed by atoms with van der Waals surface area (Å²) in [6.07, 6.45) is 0.999. The maximum atomic E-state index is 11.3. The predicted octanol–water partition coefficient (Wildman–Crippen LogP) is 2.13. The zero-order chi connectivity index (χ0) is 12.3. The van der Waals surface area contributed by atoms with Crippen molar-refractivity contribution in [2.45, 2.75) is 0 Å². The van der Waals surface area contributed by atoms with E-state index in [0.29, 0.717) is 5.56 Å². The lowest BCUT2D eigenvalue weighted by molar-refractivity contribution is 0.102. The minimum absolute atomic E-state index is 0.167. The van der Waals surface area contributed by atoms with E-state index in [1.807, 2.05) is 0 Å². The summed E-state index contributed by atoms with van der Waals surface area (Å²) < 4.78 is 24.3. The van der Waals surface area contributed by atoms with Crippen molar-refractivity contribution in [2.75, 3.05) is 16.9 Å². The lowest BCUT2D eigenvalue weighted by Gasteiger charge is -2.07. The summed E-state index contributed by atoms with van der Waals surface area (Å²) in [6.45, 7) is 0. The van der Waals surface area contributed by atoms with Crippen molar-refractivity contribution in [2.24, 2.45) is 0 Å². The molecule has 0 aromatic heterocycles. The number of carbonyl (C=O) groups is 1. The van der Waals surface area contributed by atoms with Crippen LogP contribution in [-0.2, 0) is 10.0 Å². The van der Waals surface area contributed by atoms with E-state index in [9.17, 15) is 13.2 Å². The van der Waals surface area contributed by atoms with Crippen LogP contribution in [0.5, 0.6) is 0 Å². The summed E-state index contributed by atoms with van der Waals surface area (Å²) in [5.74, 6) is -0.463. The molecule has 1 N–H and O–H groups in total. The van der Waals surface area contributed by atoms with Gasteiger partial charge in [-0.15, -0.1) is 11.6 Å². The molecule has 0 spiro atoms. The molecule has 0 radical (unpaired) electrons. The van der Waals surface area contributed by atoms with Crippen LogP contribution in [0.15, 0.2) is 18.2 Å². The molecule has 7 heteroatoms. The maximum absolute atomic E-state index is 11.3. The standard InChI is InChI=1S/C9H9Cl2NO3S/c1-16(14,15)12-8-4-6(9(13)5-10)2-3-7(8)11/h2-4,12H,5H2,1H3. The monoisotopic (exact) mass is 281 g/mol. The van der Waals surface area contributed by atoms with Gasteiger partial charge in [-0.3, -0.25) is 9.52 Å². The van der Waals surface area contributed by atoms with Crippen LogP contribution >= 0.6 is 23.2 Å². The van der Waals surface area contributed by atoms with Gasteiger partial charge >= 0.3 is 0 Å². The lowest BCUT2D eigenvalue weighted by atomic mass is 10.1. The largest absolute Gasteiger partial charge is 0.293 e. The Morgan fingerprint density at radius 1 is 1.44 bits per heavy atom. The smallest absolute Gasteiger partial charge is 0.229 e. The molecule has 0 saturated carbocycles. The molecule has 0 saturated heterocycles. The average molecular weight is 282 g/mol. The third-order valence-electron chi connectivity index (χ3n) is 1.71. The van der Waals surface area contributed by atoms with Crippen LogP contribution in [0.1, 0.15) is 10.4 Å². The molecule has 0 aliphatic carbocycles. The third-order valence-corrected chi connectivity index (χ3v) is 2.87. The number of sulfonamides is 1. The Labute approximate surface area is 104 Å². The SMILES string of the molecule is CS(=O)(=O)Nc1cc(C(=O)CCl)ccc1Cl. The van der Waals surface area contributed by atoms with Crippen molar-refractivity contribution in [1.29, 1.82) is 0 Å². The van der Waals surface area contributed by atoms with Gasteiger partial charge in [0.05, 0.1) is 22.8 Å². The molecule has 16 heavy (non-hydrogen) atoms. The van der Waals surface area contributed by atoms with Crippen molar-refractivity contribution in [3.63, 3.8) is 0 Å². The Hall–Kier alpha value is -0.780. The van der Waals surface area contributed by atoms with Gasteiger partial charge in [0.25, 0.3) is 0 Å². The predicted molar refractivity (Wildman–Crippen MR) is 65.0 cm³/mol. The summed E-state index contributed by atoms with van der Waals surface area (Å²) in [5.41, 5.74) is 0.477. The first-order chi connectivity index (χ1) is 7.33. The Morgan fingerprint density at radius 3 is 2.56 bits per heavy atom. The van der Waals surface area contributed by atoms with Crippen molar-refractivity contribution >= 4 is 44.7 Å². The van der Waals surface area contributed by atoms with E-state index in [-0.39, 0.29) is 22.4 Å². The van der Waals surface area contributed by atoms with Gasteiger partial charge in [0, 0.05) is 5.56 Å². The molecule has 0 aliphatic rings. The molecule has 0 aliphatic heterocycles. The second-order valence-electron chi connectivity index (χ2n) is 3.13. The topological polar surface area (TPSA) is 63.2 Å². The summed E-state index contributed by atoms with van der Waals surface area (Å²) >= 11 is 11.2. The Bertz CT molecular complexity index is 513. The number of rotatable bonds is 4. The molecule has 88 valence electrons. The number of nitrogens with one attached hydrogen (secondary N) is 1. The van der Waals surface area contributed by atoms with Gasteiger partial charge in [-0.2, -0.15) is 0 Å². The number of alkyl halides is 1. The highest BCUT2D eigenvalue weighted by molar-refractivity contribution is 7.92. The zero-order valence-corrected chi connectivity index (χ0v) is 10.7. The molecule has 0 unspecified atom stereocenters. The first-order valence-electron chi connectivity index (χ1n) is 4.20. The molecular formula is C9H9Cl2NO3S. The number of Topliss-reactive ketones (excluding diaryl/α,β-unsaturated/α-hetero) is 1. The highest BCUT2D eigenvalue weighted by Gasteiger charge is 2.10. The van der Waals surface area contributed by atoms with Crippen LogP contribution in [0.3, 0.4) is 0 Å². The second-order valence-corrected chi connectivity index (χ2v) is 5.55. The van der Waals surface area contributed by atoms with E-state index in [1.165, 1.54) is 18.2 Å². The van der Waals surface area contributed by atoms with Crippen LogP contribution in [0, 0.1) is 0 Å². The van der Waals surface area contributed by atoms with Crippen molar-refractivity contribution in [1.82, 2.24) is 0 Å². The fraction of sp³-hybridized carbons (Fsp3) is 0.222. The minimum atomic E-state index is -3.43. The molecule has 1 aromatic carbocycles. The van der Waals surface area contributed by atoms with E-state index in [2.05, 4.69) is 4.72 Å². The zero-order valence-electron chi connectivity index (χ0n) is 8.33. The van der Waals surface area contributed by atoms with E-state index in [0.717, 1.165) is 6.26 Å². The highest BCUT2D eigenvalue weighted by atomic mass is 35.5. The first-order valence-corrected chi connectivity index (χ1v) is 7.00. The first kappa shape index (κ1) is 13.3. The fourth-order valence-electron chi connectivity index (χ4n) is 1.05. The molecule has 0 bridgehead atoms.